The van der Waals surface area contributed by atoms with E-state index in [1.807, 2.05) is 12.1 Å². The maximum atomic E-state index is 13.2. The van der Waals surface area contributed by atoms with Crippen molar-refractivity contribution < 1.29 is 14.0 Å². The minimum atomic E-state index is -0.410. The van der Waals surface area contributed by atoms with Crippen LogP contribution >= 0.6 is 35.0 Å². The van der Waals surface area contributed by atoms with Gasteiger partial charge < -0.3 is 4.42 Å². The molecule has 3 aromatic rings. The van der Waals surface area contributed by atoms with Crippen molar-refractivity contribution in [2.45, 2.75) is 12.3 Å². The fourth-order valence-electron chi connectivity index (χ4n) is 2.95. The first-order chi connectivity index (χ1) is 14.0. The third-order valence-corrected chi connectivity index (χ3v) is 5.96. The van der Waals surface area contributed by atoms with Crippen LogP contribution in [0.4, 0.5) is 0 Å². The molecule has 0 atom stereocenters. The van der Waals surface area contributed by atoms with E-state index < -0.39 is 5.91 Å². The molecule has 3 heterocycles. The lowest BCUT2D eigenvalue weighted by Gasteiger charge is -2.14. The van der Waals surface area contributed by atoms with Crippen LogP contribution in [0.15, 0.2) is 70.3 Å². The third-order valence-electron chi connectivity index (χ3n) is 4.31. The molecule has 2 aromatic heterocycles. The predicted octanol–water partition coefficient (Wildman–Crippen LogP) is 5.19. The van der Waals surface area contributed by atoms with Gasteiger partial charge in [-0.05, 0) is 36.4 Å². The number of nitrogens with zero attached hydrogens (tertiary/aromatic N) is 2. The number of pyridine rings is 1. The molecule has 0 unspecified atom stereocenters. The summed E-state index contributed by atoms with van der Waals surface area (Å²) in [6.07, 6.45) is 3.19. The number of hydrogen-bond acceptors (Lipinski definition) is 5. The van der Waals surface area contributed by atoms with Gasteiger partial charge in [-0.1, -0.05) is 35.3 Å². The van der Waals surface area contributed by atoms with Crippen LogP contribution in [0.5, 0.6) is 0 Å². The molecule has 0 aliphatic carbocycles. The lowest BCUT2D eigenvalue weighted by molar-refractivity contribution is -0.137. The van der Waals surface area contributed by atoms with Crippen molar-refractivity contribution in [1.82, 2.24) is 9.88 Å². The molecule has 0 saturated carbocycles. The summed E-state index contributed by atoms with van der Waals surface area (Å²) in [5.41, 5.74) is 1.36. The van der Waals surface area contributed by atoms with E-state index in [9.17, 15) is 9.59 Å². The summed E-state index contributed by atoms with van der Waals surface area (Å²) in [7, 11) is 0. The number of carbonyl (C=O) groups is 2. The van der Waals surface area contributed by atoms with Crippen LogP contribution in [0.3, 0.4) is 0 Å². The van der Waals surface area contributed by atoms with Crippen molar-refractivity contribution in [2.75, 3.05) is 0 Å². The number of rotatable bonds is 6. The quantitative estimate of drug-likeness (QED) is 0.489. The fourth-order valence-corrected chi connectivity index (χ4v) is 4.48. The number of imide groups is 1. The van der Waals surface area contributed by atoms with E-state index >= 15 is 0 Å². The highest BCUT2D eigenvalue weighted by molar-refractivity contribution is 8.03. The van der Waals surface area contributed by atoms with Crippen LogP contribution in [-0.4, -0.2) is 21.7 Å². The molecule has 146 valence electrons. The lowest BCUT2D eigenvalue weighted by Crippen LogP contribution is -2.31. The maximum Gasteiger partial charge on any atom is 0.268 e. The Balaban J connectivity index is 1.71. The fraction of sp³-hybridized carbons (Fsp3) is 0.0952. The van der Waals surface area contributed by atoms with Crippen molar-refractivity contribution in [2.24, 2.45) is 0 Å². The van der Waals surface area contributed by atoms with Gasteiger partial charge in [0.25, 0.3) is 11.8 Å². The van der Waals surface area contributed by atoms with Gasteiger partial charge in [0.15, 0.2) is 0 Å². The first-order valence-corrected chi connectivity index (χ1v) is 10.4. The number of carbonyl (C=O) groups excluding carboxylic acids is 2. The van der Waals surface area contributed by atoms with Crippen molar-refractivity contribution in [3.8, 4) is 0 Å². The predicted molar refractivity (Wildman–Crippen MR) is 113 cm³/mol. The standard InChI is InChI=1S/C21H14Cl2N2O3S/c22-13-6-7-16(17(23)10-13)18-19(29-12-15-5-3-9-28-15)21(27)25(20(18)26)11-14-4-1-2-8-24-14/h1-10H,11-12H2. The molecule has 0 fully saturated rings. The summed E-state index contributed by atoms with van der Waals surface area (Å²) in [5, 5.41) is 0.760. The zero-order valence-electron chi connectivity index (χ0n) is 15.0. The van der Waals surface area contributed by atoms with E-state index in [0.29, 0.717) is 37.7 Å². The topological polar surface area (TPSA) is 63.4 Å². The van der Waals surface area contributed by atoms with Crippen LogP contribution in [0, 0.1) is 0 Å². The molecular weight excluding hydrogens is 431 g/mol. The van der Waals surface area contributed by atoms with Crippen LogP contribution in [0.1, 0.15) is 17.0 Å². The van der Waals surface area contributed by atoms with Gasteiger partial charge in [0.2, 0.25) is 0 Å². The molecule has 0 bridgehead atoms. The molecule has 5 nitrogen and oxygen atoms in total. The average Bonchev–Trinajstić information content (AvgIpc) is 3.30. The molecule has 1 aliphatic heterocycles. The molecule has 0 radical (unpaired) electrons. The van der Waals surface area contributed by atoms with Gasteiger partial charge in [-0.2, -0.15) is 0 Å². The van der Waals surface area contributed by atoms with Gasteiger partial charge in [0.05, 0.1) is 39.8 Å². The molecule has 0 N–H and O–H groups in total. The summed E-state index contributed by atoms with van der Waals surface area (Å²) in [6, 6.07) is 13.8. The van der Waals surface area contributed by atoms with Gasteiger partial charge in [-0.3, -0.25) is 19.5 Å². The largest absolute Gasteiger partial charge is 0.468 e. The Morgan fingerprint density at radius 2 is 1.90 bits per heavy atom. The number of aromatic nitrogens is 1. The summed E-state index contributed by atoms with van der Waals surface area (Å²) in [4.78, 5) is 32.1. The van der Waals surface area contributed by atoms with Gasteiger partial charge in [0, 0.05) is 16.8 Å². The van der Waals surface area contributed by atoms with E-state index in [4.69, 9.17) is 27.6 Å². The minimum absolute atomic E-state index is 0.0814. The van der Waals surface area contributed by atoms with Crippen LogP contribution in [0.2, 0.25) is 10.0 Å². The van der Waals surface area contributed by atoms with Gasteiger partial charge in [-0.25, -0.2) is 0 Å². The Morgan fingerprint density at radius 3 is 2.59 bits per heavy atom. The second kappa shape index (κ2) is 8.45. The zero-order chi connectivity index (χ0) is 20.4. The first kappa shape index (κ1) is 19.8. The highest BCUT2D eigenvalue weighted by Crippen LogP contribution is 2.40. The average molecular weight is 445 g/mol. The number of halogens is 2. The maximum absolute atomic E-state index is 13.2. The Kier molecular flexibility index (Phi) is 5.76. The Hall–Kier alpha value is -2.54. The Morgan fingerprint density at radius 1 is 1.03 bits per heavy atom. The Bertz CT molecular complexity index is 1100. The molecule has 1 aliphatic rings. The van der Waals surface area contributed by atoms with E-state index in [2.05, 4.69) is 4.98 Å². The van der Waals surface area contributed by atoms with Crippen LogP contribution in [-0.2, 0) is 21.9 Å². The van der Waals surface area contributed by atoms with Crippen molar-refractivity contribution in [3.63, 3.8) is 0 Å². The van der Waals surface area contributed by atoms with Gasteiger partial charge in [0.1, 0.15) is 5.76 Å². The third kappa shape index (κ3) is 4.10. The number of thioether (sulfide) groups is 1. The molecule has 0 spiro atoms. The first-order valence-electron chi connectivity index (χ1n) is 8.65. The van der Waals surface area contributed by atoms with Crippen LogP contribution < -0.4 is 0 Å². The molecule has 4 rings (SSSR count). The normalized spacial score (nSPS) is 14.2. The van der Waals surface area contributed by atoms with E-state index in [-0.39, 0.29) is 18.0 Å². The lowest BCUT2D eigenvalue weighted by atomic mass is 10.1. The monoisotopic (exact) mass is 444 g/mol. The zero-order valence-corrected chi connectivity index (χ0v) is 17.3. The number of hydrogen-bond donors (Lipinski definition) is 0. The summed E-state index contributed by atoms with van der Waals surface area (Å²) < 4.78 is 5.35. The van der Waals surface area contributed by atoms with Gasteiger partial charge >= 0.3 is 0 Å². The second-order valence-corrected chi connectivity index (χ2v) is 8.04. The molecule has 0 saturated heterocycles. The van der Waals surface area contributed by atoms with Crippen molar-refractivity contribution >= 4 is 52.4 Å². The van der Waals surface area contributed by atoms with Crippen molar-refractivity contribution in [1.29, 1.82) is 0 Å². The molecule has 1 aromatic carbocycles. The van der Waals surface area contributed by atoms with E-state index in [0.717, 1.165) is 0 Å². The summed E-state index contributed by atoms with van der Waals surface area (Å²) in [5.74, 6) is 0.325. The van der Waals surface area contributed by atoms with E-state index in [1.54, 1.807) is 48.9 Å². The number of furan rings is 1. The molecule has 2 amide bonds. The summed E-state index contributed by atoms with van der Waals surface area (Å²) in [6.45, 7) is 0.0814. The van der Waals surface area contributed by atoms with Crippen molar-refractivity contribution in [3.05, 3.63) is 93.0 Å². The second-order valence-electron chi connectivity index (χ2n) is 6.21. The molecule has 8 heteroatoms. The van der Waals surface area contributed by atoms with E-state index in [1.165, 1.54) is 16.7 Å². The smallest absolute Gasteiger partial charge is 0.268 e. The highest BCUT2D eigenvalue weighted by Gasteiger charge is 2.40. The summed E-state index contributed by atoms with van der Waals surface area (Å²) >= 11 is 13.6. The molecule has 29 heavy (non-hydrogen) atoms. The van der Waals surface area contributed by atoms with Gasteiger partial charge in [-0.15, -0.1) is 11.8 Å². The molecular formula is C21H14Cl2N2O3S. The van der Waals surface area contributed by atoms with Crippen LogP contribution in [0.25, 0.3) is 5.57 Å². The number of benzene rings is 1. The minimum Gasteiger partial charge on any atom is -0.468 e. The number of amides is 2. The SMILES string of the molecule is O=C1C(SCc2ccco2)=C(c2ccc(Cl)cc2Cl)C(=O)N1Cc1ccccn1. The highest BCUT2D eigenvalue weighted by atomic mass is 35.5. The Labute approximate surface area is 181 Å².